The number of hydrogen-bond donors (Lipinski definition) is 0. The molecule has 0 saturated carbocycles. The van der Waals surface area contributed by atoms with Gasteiger partial charge in [-0.3, -0.25) is 9.38 Å². The van der Waals surface area contributed by atoms with E-state index in [0.717, 1.165) is 23.1 Å². The third-order valence-electron chi connectivity index (χ3n) is 8.05. The molecule has 1 aliphatic carbocycles. The molecule has 9 rings (SSSR count). The van der Waals surface area contributed by atoms with E-state index in [9.17, 15) is 0 Å². The average molecular weight is 473 g/mol. The Morgan fingerprint density at radius 1 is 0.622 bits per heavy atom. The van der Waals surface area contributed by atoms with Crippen molar-refractivity contribution in [2.75, 3.05) is 0 Å². The number of rotatable bonds is 1. The molecule has 0 N–H and O–H groups in total. The number of pyridine rings is 2. The standard InChI is InChI=1S/C33H20N4/c1-2-7-21(8-3-1)37-28-10-5-4-9-23(28)26-17-20-18-27-22(25(20)19-30(26)37)12-13-24-31(27)33-35-15-16-36(33)29-11-6-14-34-32(24)29/h1-17,19H,18H2. The molecule has 4 aromatic carbocycles. The Hall–Kier alpha value is -4.96. The van der Waals surface area contributed by atoms with Gasteiger partial charge in [0.25, 0.3) is 0 Å². The Bertz CT molecular complexity index is 2220. The number of aromatic nitrogens is 4. The van der Waals surface area contributed by atoms with Crippen molar-refractivity contribution in [2.45, 2.75) is 6.42 Å². The summed E-state index contributed by atoms with van der Waals surface area (Å²) >= 11 is 0. The lowest BCUT2D eigenvalue weighted by Crippen LogP contribution is -1.95. The summed E-state index contributed by atoms with van der Waals surface area (Å²) in [5.41, 5.74) is 12.1. The van der Waals surface area contributed by atoms with Gasteiger partial charge in [0.15, 0.2) is 0 Å². The summed E-state index contributed by atoms with van der Waals surface area (Å²) in [6, 6.07) is 32.9. The Morgan fingerprint density at radius 2 is 1.49 bits per heavy atom. The molecule has 0 saturated heterocycles. The topological polar surface area (TPSA) is 35.1 Å². The highest BCUT2D eigenvalue weighted by Gasteiger charge is 2.26. The Kier molecular flexibility index (Phi) is 3.55. The zero-order chi connectivity index (χ0) is 24.1. The second-order valence-corrected chi connectivity index (χ2v) is 9.90. The molecule has 0 bridgehead atoms. The van der Waals surface area contributed by atoms with Crippen molar-refractivity contribution in [3.05, 3.63) is 121 Å². The van der Waals surface area contributed by atoms with E-state index in [1.165, 1.54) is 60.5 Å². The fourth-order valence-electron chi connectivity index (χ4n) is 6.52. The van der Waals surface area contributed by atoms with Crippen LogP contribution in [0.3, 0.4) is 0 Å². The molecule has 0 fully saturated rings. The molecular formula is C33H20N4. The zero-order valence-corrected chi connectivity index (χ0v) is 19.9. The van der Waals surface area contributed by atoms with Crippen molar-refractivity contribution >= 4 is 49.3 Å². The van der Waals surface area contributed by atoms with Crippen LogP contribution in [0.2, 0.25) is 0 Å². The lowest BCUT2D eigenvalue weighted by atomic mass is 9.98. The van der Waals surface area contributed by atoms with E-state index in [2.05, 4.69) is 93.9 Å². The number of nitrogens with zero attached hydrogens (tertiary/aromatic N) is 4. The second-order valence-electron chi connectivity index (χ2n) is 9.90. The molecule has 0 aliphatic heterocycles. The first-order valence-corrected chi connectivity index (χ1v) is 12.6. The quantitative estimate of drug-likeness (QED) is 0.229. The van der Waals surface area contributed by atoms with Gasteiger partial charge >= 0.3 is 0 Å². The van der Waals surface area contributed by atoms with Gasteiger partial charge in [-0.1, -0.05) is 48.5 Å². The maximum absolute atomic E-state index is 4.81. The molecule has 1 aliphatic rings. The molecule has 0 amide bonds. The first kappa shape index (κ1) is 19.3. The van der Waals surface area contributed by atoms with E-state index >= 15 is 0 Å². The van der Waals surface area contributed by atoms with Crippen molar-refractivity contribution in [2.24, 2.45) is 0 Å². The fraction of sp³-hybridized carbons (Fsp3) is 0.0303. The van der Waals surface area contributed by atoms with Crippen LogP contribution in [-0.4, -0.2) is 18.9 Å². The average Bonchev–Trinajstić information content (AvgIpc) is 3.66. The zero-order valence-electron chi connectivity index (χ0n) is 19.9. The number of benzene rings is 4. The maximum atomic E-state index is 4.81. The molecule has 4 heteroatoms. The largest absolute Gasteiger partial charge is 0.309 e. The van der Waals surface area contributed by atoms with Crippen LogP contribution >= 0.6 is 0 Å². The van der Waals surface area contributed by atoms with Crippen LogP contribution in [0.4, 0.5) is 0 Å². The lowest BCUT2D eigenvalue weighted by Gasteiger charge is -2.11. The summed E-state index contributed by atoms with van der Waals surface area (Å²) in [4.78, 5) is 9.59. The third kappa shape index (κ3) is 2.42. The van der Waals surface area contributed by atoms with E-state index in [4.69, 9.17) is 9.97 Å². The Labute approximate surface area is 212 Å². The number of fused-ring (bicyclic) bond motifs is 13. The highest BCUT2D eigenvalue weighted by Crippen LogP contribution is 2.46. The van der Waals surface area contributed by atoms with Gasteiger partial charge in [-0.25, -0.2) is 4.98 Å². The SMILES string of the molecule is c1ccc(-n2c3ccccc3c3cc4c(cc32)-c2ccc3c5ncccc5n5ccnc5c3c2C4)cc1. The van der Waals surface area contributed by atoms with Crippen LogP contribution in [0.5, 0.6) is 0 Å². The molecule has 0 spiro atoms. The Morgan fingerprint density at radius 3 is 2.43 bits per heavy atom. The first-order chi connectivity index (χ1) is 18.4. The molecule has 172 valence electrons. The maximum Gasteiger partial charge on any atom is 0.145 e. The van der Waals surface area contributed by atoms with Crippen LogP contribution in [0.25, 0.3) is 66.1 Å². The number of para-hydroxylation sites is 2. The Balaban J connectivity index is 1.40. The van der Waals surface area contributed by atoms with Crippen molar-refractivity contribution in [3.63, 3.8) is 0 Å². The third-order valence-corrected chi connectivity index (χ3v) is 8.05. The summed E-state index contributed by atoms with van der Waals surface area (Å²) in [5.74, 6) is 0. The van der Waals surface area contributed by atoms with Gasteiger partial charge in [-0.2, -0.15) is 0 Å². The van der Waals surface area contributed by atoms with Gasteiger partial charge in [0.2, 0.25) is 0 Å². The monoisotopic (exact) mass is 472 g/mol. The molecule has 4 aromatic heterocycles. The van der Waals surface area contributed by atoms with Crippen molar-refractivity contribution < 1.29 is 0 Å². The van der Waals surface area contributed by atoms with E-state index in [0.29, 0.717) is 0 Å². The van der Waals surface area contributed by atoms with Gasteiger partial charge < -0.3 is 4.57 Å². The van der Waals surface area contributed by atoms with Crippen molar-refractivity contribution in [3.8, 4) is 16.8 Å². The highest BCUT2D eigenvalue weighted by molar-refractivity contribution is 6.15. The summed E-state index contributed by atoms with van der Waals surface area (Å²) < 4.78 is 4.58. The lowest BCUT2D eigenvalue weighted by molar-refractivity contribution is 1.18. The van der Waals surface area contributed by atoms with Gasteiger partial charge in [0, 0.05) is 45.8 Å². The number of imidazole rings is 1. The van der Waals surface area contributed by atoms with Crippen LogP contribution < -0.4 is 0 Å². The predicted molar refractivity (Wildman–Crippen MR) is 151 cm³/mol. The molecule has 0 unspecified atom stereocenters. The van der Waals surface area contributed by atoms with Gasteiger partial charge in [0.05, 0.1) is 22.1 Å². The molecule has 4 nitrogen and oxygen atoms in total. The van der Waals surface area contributed by atoms with E-state index in [1.54, 1.807) is 0 Å². The fourth-order valence-corrected chi connectivity index (χ4v) is 6.52. The molecule has 0 radical (unpaired) electrons. The van der Waals surface area contributed by atoms with Gasteiger partial charge in [0.1, 0.15) is 5.65 Å². The van der Waals surface area contributed by atoms with Crippen molar-refractivity contribution in [1.82, 2.24) is 18.9 Å². The summed E-state index contributed by atoms with van der Waals surface area (Å²) in [7, 11) is 0. The van der Waals surface area contributed by atoms with Gasteiger partial charge in [-0.05, 0) is 71.1 Å². The molecule has 0 atom stereocenters. The predicted octanol–water partition coefficient (Wildman–Crippen LogP) is 7.70. The van der Waals surface area contributed by atoms with Crippen molar-refractivity contribution in [1.29, 1.82) is 0 Å². The number of hydrogen-bond acceptors (Lipinski definition) is 2. The molecule has 8 aromatic rings. The minimum Gasteiger partial charge on any atom is -0.309 e. The normalized spacial score (nSPS) is 12.8. The second kappa shape index (κ2) is 6.83. The minimum atomic E-state index is 0.893. The minimum absolute atomic E-state index is 0.893. The van der Waals surface area contributed by atoms with E-state index in [1.807, 2.05) is 24.7 Å². The van der Waals surface area contributed by atoms with Crippen LogP contribution in [0.1, 0.15) is 11.1 Å². The summed E-state index contributed by atoms with van der Waals surface area (Å²) in [5, 5.41) is 4.97. The van der Waals surface area contributed by atoms with Gasteiger partial charge in [-0.15, -0.1) is 0 Å². The molecular weight excluding hydrogens is 452 g/mol. The van der Waals surface area contributed by atoms with E-state index in [-0.39, 0.29) is 0 Å². The first-order valence-electron chi connectivity index (χ1n) is 12.6. The molecule has 37 heavy (non-hydrogen) atoms. The van der Waals surface area contributed by atoms with E-state index < -0.39 is 0 Å². The van der Waals surface area contributed by atoms with Crippen LogP contribution in [-0.2, 0) is 6.42 Å². The summed E-state index contributed by atoms with van der Waals surface area (Å²) in [6.45, 7) is 0. The smallest absolute Gasteiger partial charge is 0.145 e. The molecule has 4 heterocycles. The summed E-state index contributed by atoms with van der Waals surface area (Å²) in [6.07, 6.45) is 6.71. The van der Waals surface area contributed by atoms with Crippen LogP contribution in [0, 0.1) is 0 Å². The van der Waals surface area contributed by atoms with Crippen LogP contribution in [0.15, 0.2) is 110 Å². The highest BCUT2D eigenvalue weighted by atomic mass is 15.0.